The molecule has 0 N–H and O–H groups in total. The molecule has 0 bridgehead atoms. The molecule has 8 heteroatoms. The van der Waals surface area contributed by atoms with E-state index in [2.05, 4.69) is 27.9 Å². The minimum Gasteiger partial charge on any atom is -0.399 e. The zero-order valence-corrected chi connectivity index (χ0v) is 14.5. The topological polar surface area (TPSA) is 61.5 Å². The summed E-state index contributed by atoms with van der Waals surface area (Å²) in [4.78, 5) is 0. The molecular weight excluding hydrogens is 311 g/mol. The maximum atomic E-state index is 6.04. The molecular formula is C15H19BN4O2S. The fourth-order valence-electron chi connectivity index (χ4n) is 2.15. The third-order valence-electron chi connectivity index (χ3n) is 4.31. The minimum absolute atomic E-state index is 0.338. The molecule has 2 heterocycles. The first-order chi connectivity index (χ1) is 10.8. The molecule has 0 radical (unpaired) electrons. The third-order valence-corrected chi connectivity index (χ3v) is 4.60. The van der Waals surface area contributed by atoms with Crippen molar-refractivity contribution in [2.45, 2.75) is 44.1 Å². The predicted molar refractivity (Wildman–Crippen MR) is 92.4 cm³/mol. The van der Waals surface area contributed by atoms with Gasteiger partial charge in [0.05, 0.1) is 17.4 Å². The highest BCUT2D eigenvalue weighted by molar-refractivity contribution is 7.80. The van der Waals surface area contributed by atoms with Crippen molar-refractivity contribution in [3.05, 3.63) is 36.2 Å². The highest BCUT2D eigenvalue weighted by Crippen LogP contribution is 2.36. The quantitative estimate of drug-likeness (QED) is 0.529. The van der Waals surface area contributed by atoms with Gasteiger partial charge in [-0.15, -0.1) is 22.8 Å². The van der Waals surface area contributed by atoms with Crippen LogP contribution in [0.15, 0.2) is 40.9 Å². The molecule has 1 aromatic carbocycles. The average Bonchev–Trinajstić information content (AvgIpc) is 2.98. The highest BCUT2D eigenvalue weighted by atomic mass is 32.1. The van der Waals surface area contributed by atoms with Crippen LogP contribution in [0, 0.1) is 0 Å². The van der Waals surface area contributed by atoms with Crippen LogP contribution in [0.25, 0.3) is 0 Å². The van der Waals surface area contributed by atoms with Crippen molar-refractivity contribution in [2.75, 3.05) is 0 Å². The van der Waals surface area contributed by atoms with Gasteiger partial charge in [-0.25, -0.2) is 0 Å². The zero-order chi connectivity index (χ0) is 16.7. The standard InChI is InChI=1S/C15H19BN4O2S/c1-14(2)15(3,4)22-16(21-14)12-7-5-11(6-8-12)9-18-20-10-17-19-13(20)23/h5-10H,1-4H3,(H,19,23)/b18-9-. The van der Waals surface area contributed by atoms with E-state index < -0.39 is 0 Å². The van der Waals surface area contributed by atoms with Crippen LogP contribution >= 0.6 is 12.6 Å². The molecule has 0 saturated carbocycles. The van der Waals surface area contributed by atoms with Crippen LogP contribution in [0.2, 0.25) is 0 Å². The molecule has 0 unspecified atom stereocenters. The van der Waals surface area contributed by atoms with Crippen LogP contribution in [-0.2, 0) is 9.31 Å². The van der Waals surface area contributed by atoms with Gasteiger partial charge in [0.25, 0.3) is 0 Å². The molecule has 2 aromatic rings. The van der Waals surface area contributed by atoms with Crippen molar-refractivity contribution >= 4 is 31.4 Å². The molecule has 0 aliphatic carbocycles. The van der Waals surface area contributed by atoms with Crippen molar-refractivity contribution in [1.29, 1.82) is 0 Å². The largest absolute Gasteiger partial charge is 0.494 e. The fraction of sp³-hybridized carbons (Fsp3) is 0.400. The Labute approximate surface area is 141 Å². The van der Waals surface area contributed by atoms with E-state index in [-0.39, 0.29) is 18.3 Å². The molecule has 1 saturated heterocycles. The van der Waals surface area contributed by atoms with Crippen molar-refractivity contribution in [2.24, 2.45) is 5.10 Å². The number of hydrogen-bond donors (Lipinski definition) is 1. The molecule has 1 fully saturated rings. The second-order valence-electron chi connectivity index (χ2n) is 6.47. The lowest BCUT2D eigenvalue weighted by atomic mass is 9.79. The zero-order valence-electron chi connectivity index (χ0n) is 13.6. The Morgan fingerprint density at radius 3 is 2.26 bits per heavy atom. The van der Waals surface area contributed by atoms with E-state index in [1.54, 1.807) is 6.21 Å². The summed E-state index contributed by atoms with van der Waals surface area (Å²) >= 11 is 4.15. The van der Waals surface area contributed by atoms with Crippen LogP contribution in [-0.4, -0.2) is 39.4 Å². The summed E-state index contributed by atoms with van der Waals surface area (Å²) in [5.41, 5.74) is 1.26. The average molecular weight is 330 g/mol. The molecule has 0 amide bonds. The first-order valence-corrected chi connectivity index (χ1v) is 7.82. The number of aromatic nitrogens is 3. The summed E-state index contributed by atoms with van der Waals surface area (Å²) in [5, 5.41) is 12.1. The molecule has 6 nitrogen and oxygen atoms in total. The molecule has 23 heavy (non-hydrogen) atoms. The lowest BCUT2D eigenvalue weighted by Gasteiger charge is -2.32. The normalized spacial score (nSPS) is 19.6. The molecule has 1 aliphatic heterocycles. The minimum atomic E-state index is -0.354. The van der Waals surface area contributed by atoms with Crippen molar-refractivity contribution in [3.63, 3.8) is 0 Å². The summed E-state index contributed by atoms with van der Waals surface area (Å²) in [6.07, 6.45) is 3.22. The maximum absolute atomic E-state index is 6.04. The fourth-order valence-corrected chi connectivity index (χ4v) is 2.31. The van der Waals surface area contributed by atoms with Crippen molar-refractivity contribution < 1.29 is 9.31 Å². The Hall–Kier alpha value is -1.64. The summed E-state index contributed by atoms with van der Waals surface area (Å²) in [5.74, 6) is 0. The number of nitrogens with zero attached hydrogens (tertiary/aromatic N) is 4. The molecule has 0 spiro atoms. The van der Waals surface area contributed by atoms with E-state index >= 15 is 0 Å². The van der Waals surface area contributed by atoms with E-state index in [1.807, 2.05) is 52.0 Å². The third kappa shape index (κ3) is 3.20. The Morgan fingerprint density at radius 2 is 1.74 bits per heavy atom. The van der Waals surface area contributed by atoms with Gasteiger partial charge in [0.1, 0.15) is 6.33 Å². The van der Waals surface area contributed by atoms with Gasteiger partial charge in [-0.3, -0.25) is 0 Å². The van der Waals surface area contributed by atoms with Gasteiger partial charge in [0, 0.05) is 0 Å². The van der Waals surface area contributed by atoms with E-state index in [0.29, 0.717) is 5.16 Å². The van der Waals surface area contributed by atoms with Gasteiger partial charge in [-0.1, -0.05) is 24.3 Å². The number of thiol groups is 1. The Morgan fingerprint density at radius 1 is 1.13 bits per heavy atom. The first-order valence-electron chi connectivity index (χ1n) is 7.37. The smallest absolute Gasteiger partial charge is 0.399 e. The van der Waals surface area contributed by atoms with Crippen molar-refractivity contribution in [3.8, 4) is 0 Å². The molecule has 1 aliphatic rings. The van der Waals surface area contributed by atoms with Gasteiger partial charge >= 0.3 is 7.12 Å². The monoisotopic (exact) mass is 330 g/mol. The van der Waals surface area contributed by atoms with Gasteiger partial charge in [-0.2, -0.15) is 9.78 Å². The maximum Gasteiger partial charge on any atom is 0.494 e. The van der Waals surface area contributed by atoms with Crippen LogP contribution in [0.4, 0.5) is 0 Å². The summed E-state index contributed by atoms with van der Waals surface area (Å²) < 4.78 is 13.6. The van der Waals surface area contributed by atoms with Crippen LogP contribution in [0.3, 0.4) is 0 Å². The van der Waals surface area contributed by atoms with E-state index in [1.165, 1.54) is 11.0 Å². The van der Waals surface area contributed by atoms with E-state index in [4.69, 9.17) is 9.31 Å². The van der Waals surface area contributed by atoms with Crippen LogP contribution in [0.5, 0.6) is 0 Å². The van der Waals surface area contributed by atoms with Gasteiger partial charge < -0.3 is 9.31 Å². The van der Waals surface area contributed by atoms with Gasteiger partial charge in [0.2, 0.25) is 5.16 Å². The molecule has 120 valence electrons. The SMILES string of the molecule is CC1(C)OB(c2ccc(/C=N\n3cnnc3S)cc2)OC1(C)C. The van der Waals surface area contributed by atoms with E-state index in [9.17, 15) is 0 Å². The predicted octanol–water partition coefficient (Wildman–Crippen LogP) is 1.75. The first kappa shape index (κ1) is 16.2. The second kappa shape index (κ2) is 5.77. The number of benzene rings is 1. The van der Waals surface area contributed by atoms with Gasteiger partial charge in [-0.05, 0) is 38.7 Å². The van der Waals surface area contributed by atoms with Gasteiger partial charge in [0.15, 0.2) is 0 Å². The summed E-state index contributed by atoms with van der Waals surface area (Å²) in [6, 6.07) is 7.90. The second-order valence-corrected chi connectivity index (χ2v) is 6.87. The van der Waals surface area contributed by atoms with Crippen LogP contribution < -0.4 is 5.46 Å². The lowest BCUT2D eigenvalue weighted by molar-refractivity contribution is 0.00578. The highest BCUT2D eigenvalue weighted by Gasteiger charge is 2.51. The Bertz CT molecular complexity index is 711. The van der Waals surface area contributed by atoms with Crippen molar-refractivity contribution in [1.82, 2.24) is 14.9 Å². The number of hydrogen-bond acceptors (Lipinski definition) is 6. The Kier molecular flexibility index (Phi) is 4.08. The van der Waals surface area contributed by atoms with Crippen LogP contribution in [0.1, 0.15) is 33.3 Å². The number of rotatable bonds is 3. The molecule has 3 rings (SSSR count). The summed E-state index contributed by atoms with van der Waals surface area (Å²) in [7, 11) is -0.354. The molecule has 0 atom stereocenters. The lowest BCUT2D eigenvalue weighted by Crippen LogP contribution is -2.41. The van der Waals surface area contributed by atoms with E-state index in [0.717, 1.165) is 11.0 Å². The molecule has 1 aromatic heterocycles. The Balaban J connectivity index is 1.73. The summed E-state index contributed by atoms with van der Waals surface area (Å²) in [6.45, 7) is 8.18.